The van der Waals surface area contributed by atoms with Crippen LogP contribution in [-0.4, -0.2) is 30.2 Å². The molecule has 0 radical (unpaired) electrons. The average Bonchev–Trinajstić information content (AvgIpc) is 3.54. The van der Waals surface area contributed by atoms with Gasteiger partial charge in [-0.3, -0.25) is 19.2 Å². The Morgan fingerprint density at radius 1 is 0.698 bits per heavy atom. The van der Waals surface area contributed by atoms with Crippen molar-refractivity contribution in [1.29, 1.82) is 0 Å². The van der Waals surface area contributed by atoms with Gasteiger partial charge in [-0.2, -0.15) is 0 Å². The van der Waals surface area contributed by atoms with Gasteiger partial charge in [0.05, 0.1) is 23.4 Å². The zero-order valence-corrected chi connectivity index (χ0v) is 23.6. The van der Waals surface area contributed by atoms with E-state index in [-0.39, 0.29) is 48.3 Å². The fourth-order valence-corrected chi connectivity index (χ4v) is 7.68. The Bertz CT molecular complexity index is 1740. The molecule has 9 rings (SSSR count). The minimum atomic E-state index is -0.655. The van der Waals surface area contributed by atoms with E-state index in [0.717, 1.165) is 22.3 Å². The van der Waals surface area contributed by atoms with Crippen molar-refractivity contribution in [1.82, 2.24) is 0 Å². The van der Waals surface area contributed by atoms with Gasteiger partial charge < -0.3 is 9.64 Å². The molecule has 8 heteroatoms. The fraction of sp³-hybridized carbons (Fsp3) is 0.200. The normalized spacial score (nSPS) is 25.0. The lowest BCUT2D eigenvalue weighted by molar-refractivity contribution is -0.139. The molecule has 2 heterocycles. The molecule has 212 valence electrons. The van der Waals surface area contributed by atoms with E-state index < -0.39 is 23.7 Å². The molecule has 0 unspecified atom stereocenters. The van der Waals surface area contributed by atoms with Gasteiger partial charge >= 0.3 is 5.97 Å². The number of ether oxygens (including phenoxy) is 1. The van der Waals surface area contributed by atoms with E-state index in [1.807, 2.05) is 24.3 Å². The third-order valence-corrected chi connectivity index (χ3v) is 9.59. The van der Waals surface area contributed by atoms with Gasteiger partial charge in [-0.05, 0) is 58.7 Å². The van der Waals surface area contributed by atoms with Gasteiger partial charge in [0.15, 0.2) is 0 Å². The minimum absolute atomic E-state index is 0.0253. The summed E-state index contributed by atoms with van der Waals surface area (Å²) >= 11 is 5.97. The van der Waals surface area contributed by atoms with Crippen molar-refractivity contribution in [3.8, 4) is 5.75 Å². The summed E-state index contributed by atoms with van der Waals surface area (Å²) in [5, 5.41) is 0.558. The van der Waals surface area contributed by atoms with Gasteiger partial charge in [-0.25, -0.2) is 4.90 Å². The molecule has 3 aliphatic carbocycles. The number of benzene rings is 4. The van der Waals surface area contributed by atoms with Crippen LogP contribution in [0.4, 0.5) is 11.4 Å². The van der Waals surface area contributed by atoms with Crippen LogP contribution in [0.1, 0.15) is 40.5 Å². The maximum atomic E-state index is 14.1. The van der Waals surface area contributed by atoms with E-state index in [1.54, 1.807) is 53.4 Å². The maximum absolute atomic E-state index is 14.1. The summed E-state index contributed by atoms with van der Waals surface area (Å²) in [5.74, 6) is -3.04. The van der Waals surface area contributed by atoms with Gasteiger partial charge in [0.2, 0.25) is 17.7 Å². The minimum Gasteiger partial charge on any atom is -0.426 e. The molecule has 4 aromatic rings. The number of hydrogen-bond donors (Lipinski definition) is 0. The Kier molecular flexibility index (Phi) is 5.81. The van der Waals surface area contributed by atoms with Gasteiger partial charge in [-0.1, -0.05) is 66.2 Å². The molecule has 43 heavy (non-hydrogen) atoms. The smallest absolute Gasteiger partial charge is 0.316 e. The van der Waals surface area contributed by atoms with Crippen LogP contribution in [0.3, 0.4) is 0 Å². The number of amides is 3. The Hall–Kier alpha value is -4.75. The summed E-state index contributed by atoms with van der Waals surface area (Å²) in [6.45, 7) is 0.190. The first-order valence-electron chi connectivity index (χ1n) is 14.3. The van der Waals surface area contributed by atoms with Gasteiger partial charge in [0, 0.05) is 41.6 Å². The number of rotatable bonds is 4. The van der Waals surface area contributed by atoms with E-state index in [4.69, 9.17) is 16.3 Å². The molecule has 3 atom stereocenters. The van der Waals surface area contributed by atoms with Crippen LogP contribution in [0.15, 0.2) is 97.1 Å². The van der Waals surface area contributed by atoms with Crippen LogP contribution in [-0.2, 0) is 19.2 Å². The summed E-state index contributed by atoms with van der Waals surface area (Å²) in [6.07, 6.45) is 0.0253. The van der Waals surface area contributed by atoms with Crippen molar-refractivity contribution < 1.29 is 23.9 Å². The Balaban J connectivity index is 1.06. The van der Waals surface area contributed by atoms with Crippen molar-refractivity contribution in [2.45, 2.75) is 18.3 Å². The highest BCUT2D eigenvalue weighted by Gasteiger charge is 2.61. The van der Waals surface area contributed by atoms with Crippen molar-refractivity contribution >= 4 is 46.7 Å². The molecule has 2 fully saturated rings. The molecule has 5 aliphatic rings. The number of carbonyl (C=O) groups is 4. The molecule has 2 aliphatic heterocycles. The Labute approximate surface area is 252 Å². The van der Waals surface area contributed by atoms with Crippen molar-refractivity contribution in [2.75, 3.05) is 16.3 Å². The Morgan fingerprint density at radius 3 is 1.81 bits per heavy atom. The van der Waals surface area contributed by atoms with Crippen LogP contribution in [0.2, 0.25) is 5.02 Å². The quantitative estimate of drug-likeness (QED) is 0.174. The number of esters is 1. The van der Waals surface area contributed by atoms with E-state index in [1.165, 1.54) is 4.90 Å². The molecule has 0 N–H and O–H groups in total. The summed E-state index contributed by atoms with van der Waals surface area (Å²) in [4.78, 5) is 56.8. The second-order valence-corrected chi connectivity index (χ2v) is 12.0. The van der Waals surface area contributed by atoms with Crippen LogP contribution >= 0.6 is 11.6 Å². The first kappa shape index (κ1) is 25.9. The number of anilines is 2. The zero-order chi connectivity index (χ0) is 29.4. The predicted molar refractivity (Wildman–Crippen MR) is 160 cm³/mol. The molecular weight excluding hydrogens is 564 g/mol. The molecule has 2 bridgehead atoms. The molecule has 7 nitrogen and oxygen atoms in total. The average molecular weight is 589 g/mol. The lowest BCUT2D eigenvalue weighted by atomic mass is 9.55. The number of hydrogen-bond acceptors (Lipinski definition) is 5. The second kappa shape index (κ2) is 9.64. The van der Waals surface area contributed by atoms with Crippen LogP contribution < -0.4 is 14.5 Å². The number of halogens is 1. The fourth-order valence-electron chi connectivity index (χ4n) is 7.55. The summed E-state index contributed by atoms with van der Waals surface area (Å²) in [6, 6.07) is 29.6. The lowest BCUT2D eigenvalue weighted by Gasteiger charge is -2.45. The molecule has 0 saturated carbocycles. The molecule has 3 amide bonds. The third kappa shape index (κ3) is 3.88. The lowest BCUT2D eigenvalue weighted by Crippen LogP contribution is -2.41. The van der Waals surface area contributed by atoms with E-state index >= 15 is 0 Å². The topological polar surface area (TPSA) is 84.0 Å². The molecule has 0 aromatic heterocycles. The number of carbonyl (C=O) groups excluding carboxylic acids is 4. The molecule has 2 saturated heterocycles. The molecular formula is C35H25ClN2O5. The van der Waals surface area contributed by atoms with Crippen LogP contribution in [0.5, 0.6) is 5.75 Å². The summed E-state index contributed by atoms with van der Waals surface area (Å²) < 4.78 is 5.71. The third-order valence-electron chi connectivity index (χ3n) is 9.34. The standard InChI is InChI=1S/C35H25ClN2O5/c36-20-12-14-21(15-13-20)37-18-19(16-28(37)39)35(42)43-23-7-5-6-22(17-23)38-33(40)31-29-24-8-1-2-9-25(24)30(32(31)34(38)41)27-11-4-3-10-26(27)29/h1-15,17,19,29-32H,16,18H2/t19-,29?,30?,31-,32+/m1/s1. The van der Waals surface area contributed by atoms with Crippen molar-refractivity contribution in [3.63, 3.8) is 0 Å². The zero-order valence-electron chi connectivity index (χ0n) is 22.9. The highest BCUT2D eigenvalue weighted by atomic mass is 35.5. The molecule has 4 aromatic carbocycles. The van der Waals surface area contributed by atoms with Crippen LogP contribution in [0.25, 0.3) is 0 Å². The largest absolute Gasteiger partial charge is 0.426 e. The Morgan fingerprint density at radius 2 is 1.26 bits per heavy atom. The highest BCUT2D eigenvalue weighted by molar-refractivity contribution is 6.30. The first-order chi connectivity index (χ1) is 20.9. The SMILES string of the molecule is O=C(Oc1cccc(N2C(=O)[C@@H]3C4c5ccccc5C(c5ccccc54)[C@@H]3C2=O)c1)[C@@H]1CC(=O)N(c2ccc(Cl)cc2)C1. The van der Waals surface area contributed by atoms with Gasteiger partial charge in [0.25, 0.3) is 0 Å². The first-order valence-corrected chi connectivity index (χ1v) is 14.7. The number of imide groups is 1. The van der Waals surface area contributed by atoms with Gasteiger partial charge in [-0.15, -0.1) is 0 Å². The summed E-state index contributed by atoms with van der Waals surface area (Å²) in [5.41, 5.74) is 5.47. The van der Waals surface area contributed by atoms with E-state index in [2.05, 4.69) is 24.3 Å². The van der Waals surface area contributed by atoms with Gasteiger partial charge in [0.1, 0.15) is 5.75 Å². The maximum Gasteiger partial charge on any atom is 0.316 e. The summed E-state index contributed by atoms with van der Waals surface area (Å²) in [7, 11) is 0. The highest BCUT2D eigenvalue weighted by Crippen LogP contribution is 2.61. The van der Waals surface area contributed by atoms with Crippen molar-refractivity contribution in [2.24, 2.45) is 17.8 Å². The second-order valence-electron chi connectivity index (χ2n) is 11.6. The van der Waals surface area contributed by atoms with Crippen LogP contribution in [0, 0.1) is 17.8 Å². The van der Waals surface area contributed by atoms with E-state index in [9.17, 15) is 19.2 Å². The predicted octanol–water partition coefficient (Wildman–Crippen LogP) is 5.70. The van der Waals surface area contributed by atoms with E-state index in [0.29, 0.717) is 16.4 Å². The monoisotopic (exact) mass is 588 g/mol. The number of nitrogens with zero attached hydrogens (tertiary/aromatic N) is 2. The van der Waals surface area contributed by atoms with Crippen molar-refractivity contribution in [3.05, 3.63) is 124 Å². The molecule has 0 spiro atoms.